The molecule has 0 aromatic heterocycles. The molecule has 0 amide bonds. The Kier molecular flexibility index (Phi) is 4.40. The number of hydrogen-bond acceptors (Lipinski definition) is 3. The number of para-hydroxylation sites is 2. The Morgan fingerprint density at radius 1 is 1.09 bits per heavy atom. The number of nitrogens with two attached hydrogens (primary N) is 1. The highest BCUT2D eigenvalue weighted by molar-refractivity contribution is 5.87. The number of benzene rings is 2. The van der Waals surface area contributed by atoms with Gasteiger partial charge in [0.2, 0.25) is 0 Å². The van der Waals surface area contributed by atoms with Crippen molar-refractivity contribution in [3.05, 3.63) is 59.7 Å². The number of hydrogen-bond donors (Lipinski definition) is 2. The second-order valence-electron chi connectivity index (χ2n) is 6.32. The molecular formula is C18H22N2O2. The SMILES string of the molecule is CC(C)(C)N(Cc1ccc(C(=O)O)cc1)c1ccccc1N. The maximum absolute atomic E-state index is 10.9. The zero-order valence-electron chi connectivity index (χ0n) is 13.2. The number of aromatic carboxylic acids is 1. The third-order valence-corrected chi connectivity index (χ3v) is 3.58. The lowest BCUT2D eigenvalue weighted by atomic mass is 10.0. The van der Waals surface area contributed by atoms with Crippen LogP contribution >= 0.6 is 0 Å². The van der Waals surface area contributed by atoms with Crippen LogP contribution in [0.25, 0.3) is 0 Å². The number of carbonyl (C=O) groups is 1. The number of rotatable bonds is 4. The summed E-state index contributed by atoms with van der Waals surface area (Å²) in [5, 5.41) is 8.97. The van der Waals surface area contributed by atoms with Crippen LogP contribution in [0.15, 0.2) is 48.5 Å². The molecule has 2 aromatic carbocycles. The van der Waals surface area contributed by atoms with E-state index in [-0.39, 0.29) is 5.54 Å². The van der Waals surface area contributed by atoms with Gasteiger partial charge in [0.25, 0.3) is 0 Å². The Morgan fingerprint density at radius 2 is 1.68 bits per heavy atom. The molecule has 0 spiro atoms. The van der Waals surface area contributed by atoms with E-state index in [2.05, 4.69) is 25.7 Å². The van der Waals surface area contributed by atoms with Crippen molar-refractivity contribution in [2.24, 2.45) is 0 Å². The van der Waals surface area contributed by atoms with E-state index in [0.29, 0.717) is 12.1 Å². The molecule has 0 radical (unpaired) electrons. The summed E-state index contributed by atoms with van der Waals surface area (Å²) in [5.41, 5.74) is 9.07. The van der Waals surface area contributed by atoms with Gasteiger partial charge in [-0.25, -0.2) is 4.79 Å². The zero-order chi connectivity index (χ0) is 16.3. The van der Waals surface area contributed by atoms with Crippen LogP contribution in [0.4, 0.5) is 11.4 Å². The molecule has 0 saturated heterocycles. The summed E-state index contributed by atoms with van der Waals surface area (Å²) in [7, 11) is 0. The summed E-state index contributed by atoms with van der Waals surface area (Å²) < 4.78 is 0. The van der Waals surface area contributed by atoms with E-state index < -0.39 is 5.97 Å². The van der Waals surface area contributed by atoms with E-state index >= 15 is 0 Å². The first kappa shape index (κ1) is 15.9. The average Bonchev–Trinajstić information content (AvgIpc) is 2.45. The van der Waals surface area contributed by atoms with Crippen LogP contribution < -0.4 is 10.6 Å². The van der Waals surface area contributed by atoms with Gasteiger partial charge in [-0.05, 0) is 50.6 Å². The van der Waals surface area contributed by atoms with Gasteiger partial charge < -0.3 is 15.7 Å². The Labute approximate surface area is 131 Å². The molecule has 0 aliphatic heterocycles. The molecule has 116 valence electrons. The van der Waals surface area contributed by atoms with E-state index in [1.165, 1.54) is 0 Å². The highest BCUT2D eigenvalue weighted by atomic mass is 16.4. The van der Waals surface area contributed by atoms with Gasteiger partial charge in [0.05, 0.1) is 16.9 Å². The fourth-order valence-corrected chi connectivity index (χ4v) is 2.35. The minimum atomic E-state index is -0.911. The first-order valence-electron chi connectivity index (χ1n) is 7.23. The molecule has 0 heterocycles. The van der Waals surface area contributed by atoms with Crippen molar-refractivity contribution in [2.75, 3.05) is 10.6 Å². The lowest BCUT2D eigenvalue weighted by Gasteiger charge is -2.38. The third kappa shape index (κ3) is 3.58. The summed E-state index contributed by atoms with van der Waals surface area (Å²) in [4.78, 5) is 13.2. The molecule has 2 rings (SSSR count). The average molecular weight is 298 g/mol. The lowest BCUT2D eigenvalue weighted by Crippen LogP contribution is -2.41. The molecule has 4 heteroatoms. The monoisotopic (exact) mass is 298 g/mol. The number of nitrogens with zero attached hydrogens (tertiary/aromatic N) is 1. The van der Waals surface area contributed by atoms with Gasteiger partial charge >= 0.3 is 5.97 Å². The number of anilines is 2. The summed E-state index contributed by atoms with van der Waals surface area (Å²) >= 11 is 0. The lowest BCUT2D eigenvalue weighted by molar-refractivity contribution is 0.0697. The fourth-order valence-electron chi connectivity index (χ4n) is 2.35. The second-order valence-corrected chi connectivity index (χ2v) is 6.32. The molecule has 0 unspecified atom stereocenters. The number of carboxylic acid groups (broad SMARTS) is 1. The maximum Gasteiger partial charge on any atom is 0.335 e. The highest BCUT2D eigenvalue weighted by Gasteiger charge is 2.23. The Bertz CT molecular complexity index is 658. The standard InChI is InChI=1S/C18H22N2O2/c1-18(2,3)20(16-7-5-4-6-15(16)19)12-13-8-10-14(11-9-13)17(21)22/h4-11H,12,19H2,1-3H3,(H,21,22). The third-order valence-electron chi connectivity index (χ3n) is 3.58. The topological polar surface area (TPSA) is 66.6 Å². The van der Waals surface area contributed by atoms with Gasteiger partial charge in [-0.2, -0.15) is 0 Å². The van der Waals surface area contributed by atoms with Gasteiger partial charge in [-0.3, -0.25) is 0 Å². The predicted octanol–water partition coefficient (Wildman–Crippen LogP) is 3.77. The van der Waals surface area contributed by atoms with E-state index in [1.54, 1.807) is 12.1 Å². The Hall–Kier alpha value is -2.49. The number of carboxylic acids is 1. The van der Waals surface area contributed by atoms with Crippen LogP contribution in [0.1, 0.15) is 36.7 Å². The van der Waals surface area contributed by atoms with E-state index in [9.17, 15) is 4.79 Å². The maximum atomic E-state index is 10.9. The summed E-state index contributed by atoms with van der Waals surface area (Å²) in [6.45, 7) is 7.05. The van der Waals surface area contributed by atoms with Crippen LogP contribution in [0, 0.1) is 0 Å². The summed E-state index contributed by atoms with van der Waals surface area (Å²) in [5.74, 6) is -0.911. The van der Waals surface area contributed by atoms with Crippen molar-refractivity contribution in [1.29, 1.82) is 0 Å². The first-order chi connectivity index (χ1) is 10.3. The minimum Gasteiger partial charge on any atom is -0.478 e. The second kappa shape index (κ2) is 6.10. The van der Waals surface area contributed by atoms with Gasteiger partial charge in [0.15, 0.2) is 0 Å². The number of nitrogen functional groups attached to an aromatic ring is 1. The van der Waals surface area contributed by atoms with Crippen LogP contribution in [0.2, 0.25) is 0 Å². The fraction of sp³-hybridized carbons (Fsp3) is 0.278. The summed E-state index contributed by atoms with van der Waals surface area (Å²) in [6, 6.07) is 14.7. The molecule has 0 fully saturated rings. The predicted molar refractivity (Wildman–Crippen MR) is 90.2 cm³/mol. The normalized spacial score (nSPS) is 11.2. The molecule has 0 atom stereocenters. The smallest absolute Gasteiger partial charge is 0.335 e. The largest absolute Gasteiger partial charge is 0.478 e. The van der Waals surface area contributed by atoms with Crippen molar-refractivity contribution in [3.63, 3.8) is 0 Å². The first-order valence-corrected chi connectivity index (χ1v) is 7.23. The summed E-state index contributed by atoms with van der Waals surface area (Å²) in [6.07, 6.45) is 0. The molecule has 0 aliphatic rings. The molecule has 22 heavy (non-hydrogen) atoms. The van der Waals surface area contributed by atoms with Crippen molar-refractivity contribution in [3.8, 4) is 0 Å². The molecule has 2 aromatic rings. The Morgan fingerprint density at radius 3 is 2.18 bits per heavy atom. The molecule has 0 aliphatic carbocycles. The quantitative estimate of drug-likeness (QED) is 0.843. The van der Waals surface area contributed by atoms with Crippen LogP contribution in [-0.4, -0.2) is 16.6 Å². The van der Waals surface area contributed by atoms with Crippen molar-refractivity contribution in [2.45, 2.75) is 32.9 Å². The van der Waals surface area contributed by atoms with Gasteiger partial charge in [0.1, 0.15) is 0 Å². The van der Waals surface area contributed by atoms with Crippen LogP contribution in [0.3, 0.4) is 0 Å². The van der Waals surface area contributed by atoms with Gasteiger partial charge in [-0.15, -0.1) is 0 Å². The minimum absolute atomic E-state index is 0.110. The highest BCUT2D eigenvalue weighted by Crippen LogP contribution is 2.30. The molecule has 3 N–H and O–H groups in total. The Balaban J connectivity index is 2.32. The van der Waals surface area contributed by atoms with Crippen LogP contribution in [0.5, 0.6) is 0 Å². The van der Waals surface area contributed by atoms with E-state index in [4.69, 9.17) is 10.8 Å². The van der Waals surface area contributed by atoms with E-state index in [1.807, 2.05) is 36.4 Å². The molecule has 4 nitrogen and oxygen atoms in total. The zero-order valence-corrected chi connectivity index (χ0v) is 13.2. The van der Waals surface area contributed by atoms with Gasteiger partial charge in [0, 0.05) is 12.1 Å². The van der Waals surface area contributed by atoms with Gasteiger partial charge in [-0.1, -0.05) is 24.3 Å². The van der Waals surface area contributed by atoms with Crippen molar-refractivity contribution >= 4 is 17.3 Å². The molecular weight excluding hydrogens is 276 g/mol. The molecule has 0 bridgehead atoms. The molecule has 0 saturated carbocycles. The van der Waals surface area contributed by atoms with Crippen LogP contribution in [-0.2, 0) is 6.54 Å². The van der Waals surface area contributed by atoms with Crippen molar-refractivity contribution in [1.82, 2.24) is 0 Å². The van der Waals surface area contributed by atoms with E-state index in [0.717, 1.165) is 16.9 Å². The van der Waals surface area contributed by atoms with Crippen molar-refractivity contribution < 1.29 is 9.90 Å².